The Morgan fingerprint density at radius 1 is 1.14 bits per heavy atom. The van der Waals surface area contributed by atoms with Gasteiger partial charge < -0.3 is 20.3 Å². The van der Waals surface area contributed by atoms with Gasteiger partial charge in [-0.05, 0) is 30.0 Å². The molecule has 0 saturated carbocycles. The molecule has 2 aliphatic heterocycles. The average molecular weight is 522 g/mol. The molecule has 5 rings (SSSR count). The predicted octanol–water partition coefficient (Wildman–Crippen LogP) is 4.69. The van der Waals surface area contributed by atoms with Gasteiger partial charge in [0.25, 0.3) is 5.91 Å². The summed E-state index contributed by atoms with van der Waals surface area (Å²) < 4.78 is 5.41. The maximum atomic E-state index is 13.1. The zero-order chi connectivity index (χ0) is 26.2. The second kappa shape index (κ2) is 12.7. The fourth-order valence-electron chi connectivity index (χ4n) is 4.33. The summed E-state index contributed by atoms with van der Waals surface area (Å²) in [6.45, 7) is 6.25. The van der Waals surface area contributed by atoms with Gasteiger partial charge in [-0.1, -0.05) is 67.9 Å². The van der Waals surface area contributed by atoms with Crippen molar-refractivity contribution in [2.75, 3.05) is 25.1 Å². The van der Waals surface area contributed by atoms with Crippen LogP contribution in [-0.2, 0) is 22.6 Å². The molecule has 2 amide bonds. The van der Waals surface area contributed by atoms with E-state index in [9.17, 15) is 9.59 Å². The van der Waals surface area contributed by atoms with Gasteiger partial charge in [0, 0.05) is 43.5 Å². The molecule has 0 atom stereocenters. The molecule has 8 nitrogen and oxygen atoms in total. The number of halogens is 1. The zero-order valence-corrected chi connectivity index (χ0v) is 21.9. The van der Waals surface area contributed by atoms with Crippen LogP contribution in [0.5, 0.6) is 0 Å². The number of amides is 2. The highest BCUT2D eigenvalue weighted by Crippen LogP contribution is 2.31. The Hall–Kier alpha value is -3.49. The van der Waals surface area contributed by atoms with E-state index in [4.69, 9.17) is 16.3 Å². The molecule has 0 bridgehead atoms. The summed E-state index contributed by atoms with van der Waals surface area (Å²) in [7, 11) is 0. The molecule has 1 fully saturated rings. The van der Waals surface area contributed by atoms with Crippen molar-refractivity contribution in [3.05, 3.63) is 76.4 Å². The lowest BCUT2D eigenvalue weighted by Crippen LogP contribution is -2.37. The van der Waals surface area contributed by atoms with Gasteiger partial charge >= 0.3 is 0 Å². The number of benzene rings is 2. The second-order valence-corrected chi connectivity index (χ2v) is 9.12. The molecule has 194 valence electrons. The standard InChI is InChI=1S/C26H26ClN5O3.C2H6/c27-22-14-29-26(30-20-8-10-35-11-9-20)31-24(22)18-6-7-19-15-32(25(34)21(19)12-18)16-23(33)28-13-17-4-2-1-3-5-17;1-2/h1-7,12,14,20H,8-11,13,15-16H2,(H,28,33)(H,29,30,31);1-2H3. The van der Waals surface area contributed by atoms with Crippen LogP contribution in [0.2, 0.25) is 5.02 Å². The van der Waals surface area contributed by atoms with Crippen LogP contribution in [0, 0.1) is 0 Å². The van der Waals surface area contributed by atoms with Crippen LogP contribution in [-0.4, -0.2) is 52.5 Å². The number of nitrogens with zero attached hydrogens (tertiary/aromatic N) is 3. The molecule has 2 N–H and O–H groups in total. The summed E-state index contributed by atoms with van der Waals surface area (Å²) in [6.07, 6.45) is 3.36. The van der Waals surface area contributed by atoms with Crippen LogP contribution < -0.4 is 10.6 Å². The van der Waals surface area contributed by atoms with Gasteiger partial charge in [0.15, 0.2) is 0 Å². The molecule has 3 aromatic rings. The molecule has 1 saturated heterocycles. The first kappa shape index (κ1) is 26.6. The van der Waals surface area contributed by atoms with Crippen molar-refractivity contribution in [1.29, 1.82) is 0 Å². The SMILES string of the molecule is CC.O=C(CN1Cc2ccc(-c3nc(NC4CCOCC4)ncc3Cl)cc2C1=O)NCc1ccccc1. The van der Waals surface area contributed by atoms with Crippen LogP contribution in [0.4, 0.5) is 5.95 Å². The minimum absolute atomic E-state index is 0.00309. The first-order valence-electron chi connectivity index (χ1n) is 12.7. The van der Waals surface area contributed by atoms with E-state index in [1.54, 1.807) is 17.2 Å². The number of anilines is 1. The van der Waals surface area contributed by atoms with Crippen LogP contribution in [0.25, 0.3) is 11.3 Å². The Morgan fingerprint density at radius 2 is 1.89 bits per heavy atom. The number of nitrogens with one attached hydrogen (secondary N) is 2. The lowest BCUT2D eigenvalue weighted by Gasteiger charge is -2.23. The maximum absolute atomic E-state index is 13.1. The minimum atomic E-state index is -0.196. The third kappa shape index (κ3) is 6.64. The monoisotopic (exact) mass is 521 g/mol. The Kier molecular flexibility index (Phi) is 9.09. The van der Waals surface area contributed by atoms with Crippen molar-refractivity contribution < 1.29 is 14.3 Å². The van der Waals surface area contributed by atoms with Crippen LogP contribution in [0.1, 0.15) is 48.2 Å². The van der Waals surface area contributed by atoms with Gasteiger partial charge in [-0.3, -0.25) is 9.59 Å². The number of fused-ring (bicyclic) bond motifs is 1. The summed E-state index contributed by atoms with van der Waals surface area (Å²) in [6, 6.07) is 15.5. The number of aromatic nitrogens is 2. The van der Waals surface area contributed by atoms with E-state index in [1.165, 1.54) is 0 Å². The third-order valence-electron chi connectivity index (χ3n) is 6.23. The zero-order valence-electron chi connectivity index (χ0n) is 21.2. The fourth-order valence-corrected chi connectivity index (χ4v) is 4.53. The highest BCUT2D eigenvalue weighted by Gasteiger charge is 2.29. The normalized spacial score (nSPS) is 15.0. The maximum Gasteiger partial charge on any atom is 0.254 e. The quantitative estimate of drug-likeness (QED) is 0.468. The van der Waals surface area contributed by atoms with Crippen molar-refractivity contribution >= 4 is 29.4 Å². The summed E-state index contributed by atoms with van der Waals surface area (Å²) in [4.78, 5) is 36.0. The van der Waals surface area contributed by atoms with Gasteiger partial charge in [0.1, 0.15) is 6.54 Å². The average Bonchev–Trinajstić information content (AvgIpc) is 3.25. The summed E-state index contributed by atoms with van der Waals surface area (Å²) in [5.41, 5.74) is 3.74. The van der Waals surface area contributed by atoms with E-state index in [0.29, 0.717) is 48.5 Å². The van der Waals surface area contributed by atoms with E-state index in [1.807, 2.05) is 56.3 Å². The van der Waals surface area contributed by atoms with Gasteiger partial charge in [-0.2, -0.15) is 0 Å². The van der Waals surface area contributed by atoms with Crippen molar-refractivity contribution in [1.82, 2.24) is 20.2 Å². The molecule has 0 aliphatic carbocycles. The second-order valence-electron chi connectivity index (χ2n) is 8.72. The largest absolute Gasteiger partial charge is 0.381 e. The third-order valence-corrected chi connectivity index (χ3v) is 6.50. The molecule has 0 spiro atoms. The molecular formula is C28H32ClN5O3. The summed E-state index contributed by atoms with van der Waals surface area (Å²) >= 11 is 6.42. The molecular weight excluding hydrogens is 490 g/mol. The number of carbonyl (C=O) groups excluding carboxylic acids is 2. The van der Waals surface area contributed by atoms with E-state index in [2.05, 4.69) is 20.6 Å². The van der Waals surface area contributed by atoms with Gasteiger partial charge in [0.05, 0.1) is 16.9 Å². The van der Waals surface area contributed by atoms with Gasteiger partial charge in [-0.25, -0.2) is 9.97 Å². The number of ether oxygens (including phenoxy) is 1. The Balaban J connectivity index is 0.00000156. The Bertz CT molecular complexity index is 1230. The first-order valence-corrected chi connectivity index (χ1v) is 13.0. The summed E-state index contributed by atoms with van der Waals surface area (Å²) in [5.74, 6) is 0.125. The topological polar surface area (TPSA) is 96.5 Å². The molecule has 2 aromatic carbocycles. The van der Waals surface area contributed by atoms with Crippen molar-refractivity contribution in [3.63, 3.8) is 0 Å². The van der Waals surface area contributed by atoms with Crippen LogP contribution in [0.15, 0.2) is 54.7 Å². The Labute approximate surface area is 222 Å². The molecule has 37 heavy (non-hydrogen) atoms. The smallest absolute Gasteiger partial charge is 0.254 e. The minimum Gasteiger partial charge on any atom is -0.381 e. The van der Waals surface area contributed by atoms with E-state index >= 15 is 0 Å². The highest BCUT2D eigenvalue weighted by atomic mass is 35.5. The molecule has 0 unspecified atom stereocenters. The van der Waals surface area contributed by atoms with E-state index in [0.717, 1.165) is 29.5 Å². The van der Waals surface area contributed by atoms with Crippen molar-refractivity contribution in [2.24, 2.45) is 0 Å². The molecule has 3 heterocycles. The van der Waals surface area contributed by atoms with E-state index < -0.39 is 0 Å². The first-order chi connectivity index (χ1) is 18.1. The predicted molar refractivity (Wildman–Crippen MR) is 144 cm³/mol. The molecule has 0 radical (unpaired) electrons. The summed E-state index contributed by atoms with van der Waals surface area (Å²) in [5, 5.41) is 6.63. The Morgan fingerprint density at radius 3 is 2.65 bits per heavy atom. The van der Waals surface area contributed by atoms with E-state index in [-0.39, 0.29) is 24.4 Å². The van der Waals surface area contributed by atoms with Crippen LogP contribution >= 0.6 is 11.6 Å². The van der Waals surface area contributed by atoms with Crippen LogP contribution in [0.3, 0.4) is 0 Å². The molecule has 9 heteroatoms. The number of rotatable bonds is 7. The van der Waals surface area contributed by atoms with Crippen molar-refractivity contribution in [3.8, 4) is 11.3 Å². The van der Waals surface area contributed by atoms with Gasteiger partial charge in [-0.15, -0.1) is 0 Å². The molecule has 2 aliphatic rings. The molecule has 1 aromatic heterocycles. The number of hydrogen-bond acceptors (Lipinski definition) is 6. The number of hydrogen-bond donors (Lipinski definition) is 2. The number of carbonyl (C=O) groups is 2. The highest BCUT2D eigenvalue weighted by molar-refractivity contribution is 6.33. The lowest BCUT2D eigenvalue weighted by molar-refractivity contribution is -0.122. The van der Waals surface area contributed by atoms with Gasteiger partial charge in [0.2, 0.25) is 11.9 Å². The van der Waals surface area contributed by atoms with Crippen molar-refractivity contribution in [2.45, 2.75) is 45.8 Å². The lowest BCUT2D eigenvalue weighted by atomic mass is 10.0. The fraction of sp³-hybridized carbons (Fsp3) is 0.357.